The molecule has 7 heterocycles. The van der Waals surface area contributed by atoms with Gasteiger partial charge in [0.15, 0.2) is 0 Å². The minimum absolute atomic E-state index is 0.0438. The number of methoxy groups -OCH3 is 1. The predicted molar refractivity (Wildman–Crippen MR) is 275 cm³/mol. The molecule has 0 spiro atoms. The van der Waals surface area contributed by atoms with Gasteiger partial charge in [0, 0.05) is 84.3 Å². The number of hydrogen-bond acceptors (Lipinski definition) is 13. The molecule has 4 fully saturated rings. The first-order valence-corrected chi connectivity index (χ1v) is 27.2. The van der Waals surface area contributed by atoms with Crippen LogP contribution in [0.15, 0.2) is 35.8 Å². The Hall–Kier alpha value is -4.29. The Bertz CT molecular complexity index is 2560. The fraction of sp³-hybridized carbons (Fsp3) is 0.655. The van der Waals surface area contributed by atoms with Crippen LogP contribution < -0.4 is 10.7 Å². The van der Waals surface area contributed by atoms with E-state index in [0.717, 1.165) is 83.8 Å². The lowest BCUT2D eigenvalue weighted by Crippen LogP contribution is -2.61. The lowest BCUT2D eigenvalue weighted by Gasteiger charge is -2.42. The number of hydrogen-bond donors (Lipinski definition) is 2. The molecule has 6 bridgehead atoms. The molecular formula is C55H77N7O8S. The van der Waals surface area contributed by atoms with Crippen molar-refractivity contribution in [2.24, 2.45) is 29.1 Å². The molecule has 4 aromatic rings. The summed E-state index contributed by atoms with van der Waals surface area (Å²) < 4.78 is 33.5. The van der Waals surface area contributed by atoms with Gasteiger partial charge < -0.3 is 33.6 Å². The highest BCUT2D eigenvalue weighted by molar-refractivity contribution is 7.10. The molecule has 2 amide bonds. The highest BCUT2D eigenvalue weighted by Crippen LogP contribution is 2.51. The standard InChI is InChI=1S/C55H77N7O8S/c1-11-68-50-48(58-51(63)46-33(6)45(46)31(2)3)53(64)62-17-12-13-42(59-62)54(65)70-30-55(8,9)26-41-39-24-36(43-29-71-52(50)57-43)14-15-44(39)61(20-22-69-32(4)5)49(41)40-25-37(27-56-47(40)34(7)66-10)35-16-18-60-19-21-67-28-38(60)23-35/h14-15,24-25,27,29,31-35,38,42,45-46,48,50,59H,11-13,16-23,26,28,30H2,1-10H3,(H,58,63)/t33-,34+,35-,38+,42+,45+,46+,48+,50+/m1/s1. The van der Waals surface area contributed by atoms with Crippen LogP contribution in [-0.2, 0) is 51.0 Å². The number of aromatic nitrogens is 3. The number of pyridine rings is 1. The Morgan fingerprint density at radius 1 is 1.08 bits per heavy atom. The Morgan fingerprint density at radius 2 is 1.90 bits per heavy atom. The number of cyclic esters (lactones) is 1. The predicted octanol–water partition coefficient (Wildman–Crippen LogP) is 8.26. The van der Waals surface area contributed by atoms with Gasteiger partial charge in [-0.25, -0.2) is 10.4 Å². The zero-order valence-electron chi connectivity index (χ0n) is 43.6. The van der Waals surface area contributed by atoms with Crippen molar-refractivity contribution < 1.29 is 38.1 Å². The summed E-state index contributed by atoms with van der Waals surface area (Å²) in [5.74, 6) is -0.121. The van der Waals surface area contributed by atoms with Gasteiger partial charge in [0.1, 0.15) is 23.2 Å². The Balaban J connectivity index is 1.20. The van der Waals surface area contributed by atoms with Crippen molar-refractivity contribution in [3.8, 4) is 22.5 Å². The monoisotopic (exact) mass is 996 g/mol. The maximum absolute atomic E-state index is 14.9. The van der Waals surface area contributed by atoms with Crippen LogP contribution in [0, 0.1) is 29.1 Å². The number of esters is 1. The SMILES string of the molecule is CCO[C@@H]1c2nc(cs2)-c2ccc3c(c2)c(c(-c2cc([C@@H]4CCN5CCOC[C@@H]5C4)cnc2[C@H](C)OC)n3CCOC(C)C)CC(C)(C)COC(=O)[C@@H]2CCCN(N2)C(=O)[C@H]1NC(=O)[C@H]1[C@H](C)[C@@H]1C(C)C. The summed E-state index contributed by atoms with van der Waals surface area (Å²) in [6.45, 7) is 24.1. The third-order valence-corrected chi connectivity index (χ3v) is 16.7. The fourth-order valence-electron chi connectivity index (χ4n) is 12.0. The number of rotatable bonds is 13. The zero-order chi connectivity index (χ0) is 50.3. The quantitative estimate of drug-likeness (QED) is 0.124. The molecule has 9 atom stereocenters. The normalized spacial score (nSPS) is 27.6. The van der Waals surface area contributed by atoms with E-state index in [1.54, 1.807) is 7.11 Å². The summed E-state index contributed by atoms with van der Waals surface area (Å²) in [5, 5.41) is 8.30. The van der Waals surface area contributed by atoms with E-state index < -0.39 is 29.6 Å². The van der Waals surface area contributed by atoms with Crippen molar-refractivity contribution in [3.05, 3.63) is 57.7 Å². The fourth-order valence-corrected chi connectivity index (χ4v) is 12.9. The van der Waals surface area contributed by atoms with Crippen LogP contribution in [0.5, 0.6) is 0 Å². The maximum atomic E-state index is 14.9. The summed E-state index contributed by atoms with van der Waals surface area (Å²) in [4.78, 5) is 56.3. The molecule has 16 heteroatoms. The molecule has 9 rings (SSSR count). The Kier molecular flexibility index (Phi) is 15.7. The highest BCUT2D eigenvalue weighted by Gasteiger charge is 2.54. The number of ether oxygens (including phenoxy) is 5. The molecule has 5 aliphatic rings. The van der Waals surface area contributed by atoms with Crippen molar-refractivity contribution in [2.75, 3.05) is 59.8 Å². The number of thiazole rings is 1. The van der Waals surface area contributed by atoms with Gasteiger partial charge in [-0.3, -0.25) is 29.3 Å². The minimum Gasteiger partial charge on any atom is -0.464 e. The van der Waals surface area contributed by atoms with Crippen molar-refractivity contribution >= 4 is 40.0 Å². The average molecular weight is 996 g/mol. The first-order chi connectivity index (χ1) is 34.1. The van der Waals surface area contributed by atoms with Crippen molar-refractivity contribution in [3.63, 3.8) is 0 Å². The van der Waals surface area contributed by atoms with Gasteiger partial charge in [-0.15, -0.1) is 11.3 Å². The summed E-state index contributed by atoms with van der Waals surface area (Å²) in [7, 11) is 1.74. The third-order valence-electron chi connectivity index (χ3n) is 15.8. The lowest BCUT2D eigenvalue weighted by atomic mass is 9.82. The van der Waals surface area contributed by atoms with Gasteiger partial charge in [-0.2, -0.15) is 0 Å². The van der Waals surface area contributed by atoms with E-state index in [9.17, 15) is 14.4 Å². The lowest BCUT2D eigenvalue weighted by molar-refractivity contribution is -0.156. The first-order valence-electron chi connectivity index (χ1n) is 26.3. The number of fused-ring (bicyclic) bond motifs is 7. The van der Waals surface area contributed by atoms with E-state index in [-0.39, 0.29) is 55.0 Å². The maximum Gasteiger partial charge on any atom is 0.324 e. The van der Waals surface area contributed by atoms with Gasteiger partial charge in [-0.1, -0.05) is 40.7 Å². The van der Waals surface area contributed by atoms with Gasteiger partial charge >= 0.3 is 5.97 Å². The molecular weight excluding hydrogens is 919 g/mol. The first kappa shape index (κ1) is 51.6. The molecule has 4 aliphatic heterocycles. The molecule has 1 aromatic carbocycles. The number of carbonyl (C=O) groups is 3. The molecule has 15 nitrogen and oxygen atoms in total. The molecule has 386 valence electrons. The molecule has 1 aliphatic carbocycles. The molecule has 1 saturated carbocycles. The number of piperidine rings is 1. The summed E-state index contributed by atoms with van der Waals surface area (Å²) in [6.07, 6.45) is 4.60. The van der Waals surface area contributed by atoms with E-state index in [1.165, 1.54) is 21.9 Å². The summed E-state index contributed by atoms with van der Waals surface area (Å²) >= 11 is 1.42. The smallest absolute Gasteiger partial charge is 0.324 e. The van der Waals surface area contributed by atoms with Crippen LogP contribution in [0.2, 0.25) is 0 Å². The molecule has 0 radical (unpaired) electrons. The van der Waals surface area contributed by atoms with Crippen molar-refractivity contribution in [1.29, 1.82) is 0 Å². The van der Waals surface area contributed by atoms with Crippen LogP contribution in [0.1, 0.15) is 128 Å². The molecule has 0 unspecified atom stereocenters. The second kappa shape index (κ2) is 21.7. The number of benzene rings is 1. The van der Waals surface area contributed by atoms with Gasteiger partial charge in [0.25, 0.3) is 5.91 Å². The summed E-state index contributed by atoms with van der Waals surface area (Å²) in [6, 6.07) is 7.42. The van der Waals surface area contributed by atoms with Gasteiger partial charge in [0.05, 0.1) is 55.7 Å². The van der Waals surface area contributed by atoms with Crippen molar-refractivity contribution in [2.45, 2.75) is 143 Å². The number of amides is 2. The second-order valence-corrected chi connectivity index (χ2v) is 23.0. The third kappa shape index (κ3) is 10.9. The van der Waals surface area contributed by atoms with E-state index in [2.05, 4.69) is 106 Å². The number of carbonyl (C=O) groups excluding carboxylic acids is 3. The van der Waals surface area contributed by atoms with Crippen LogP contribution in [0.3, 0.4) is 0 Å². The largest absolute Gasteiger partial charge is 0.464 e. The van der Waals surface area contributed by atoms with Crippen LogP contribution in [-0.4, -0.2) is 126 Å². The van der Waals surface area contributed by atoms with E-state index in [0.29, 0.717) is 61.8 Å². The Morgan fingerprint density at radius 3 is 2.65 bits per heavy atom. The number of morpholine rings is 1. The van der Waals surface area contributed by atoms with Crippen molar-refractivity contribution in [1.82, 2.24) is 35.2 Å². The molecule has 2 N–H and O–H groups in total. The van der Waals surface area contributed by atoms with Gasteiger partial charge in [0.2, 0.25) is 5.91 Å². The molecule has 3 saturated heterocycles. The number of nitrogens with zero attached hydrogens (tertiary/aromatic N) is 5. The van der Waals surface area contributed by atoms with E-state index >= 15 is 0 Å². The van der Waals surface area contributed by atoms with Crippen LogP contribution in [0.25, 0.3) is 33.4 Å². The Labute approximate surface area is 424 Å². The van der Waals surface area contributed by atoms with E-state index in [1.807, 2.05) is 12.3 Å². The van der Waals surface area contributed by atoms with Gasteiger partial charge in [-0.05, 0) is 119 Å². The summed E-state index contributed by atoms with van der Waals surface area (Å²) in [5.41, 5.74) is 10.6. The topological polar surface area (TPSA) is 159 Å². The minimum atomic E-state index is -1.10. The molecule has 71 heavy (non-hydrogen) atoms. The molecule has 3 aromatic heterocycles. The zero-order valence-corrected chi connectivity index (χ0v) is 44.4. The van der Waals surface area contributed by atoms with Crippen LogP contribution >= 0.6 is 11.3 Å². The number of nitrogens with one attached hydrogen (secondary N) is 2. The highest BCUT2D eigenvalue weighted by atomic mass is 32.1. The van der Waals surface area contributed by atoms with E-state index in [4.69, 9.17) is 33.7 Å². The van der Waals surface area contributed by atoms with Crippen LogP contribution in [0.4, 0.5) is 0 Å². The average Bonchev–Trinajstić information content (AvgIpc) is 3.66. The second-order valence-electron chi connectivity index (χ2n) is 22.1. The number of hydrazine groups is 1.